The molecule has 1 aromatic rings. The lowest BCUT2D eigenvalue weighted by Crippen LogP contribution is -2.49. The monoisotopic (exact) mass is 336 g/mol. The number of hydrogen-bond donors (Lipinski definition) is 2. The summed E-state index contributed by atoms with van der Waals surface area (Å²) in [6.45, 7) is 3.48. The van der Waals surface area contributed by atoms with Crippen LogP contribution in [0.4, 0.5) is 17.6 Å². The highest BCUT2D eigenvalue weighted by Crippen LogP contribution is 2.34. The highest BCUT2D eigenvalue weighted by molar-refractivity contribution is 8.00. The van der Waals surface area contributed by atoms with Crippen LogP contribution in [0.1, 0.15) is 25.0 Å². The Bertz CT molecular complexity index is 574. The Kier molecular flexibility index (Phi) is 4.72. The fourth-order valence-corrected chi connectivity index (χ4v) is 3.28. The van der Waals surface area contributed by atoms with Gasteiger partial charge in [0.1, 0.15) is 11.9 Å². The Morgan fingerprint density at radius 3 is 2.68 bits per heavy atom. The van der Waals surface area contributed by atoms with E-state index in [4.69, 9.17) is 0 Å². The number of amides is 1. The Hall–Kier alpha value is -1.28. The normalized spacial score (nSPS) is 20.9. The maximum absolute atomic E-state index is 13.0. The first-order chi connectivity index (χ1) is 10.1. The lowest BCUT2D eigenvalue weighted by molar-refractivity contribution is -0.138. The van der Waals surface area contributed by atoms with Crippen molar-refractivity contribution in [1.29, 1.82) is 0 Å². The van der Waals surface area contributed by atoms with Crippen molar-refractivity contribution in [3.05, 3.63) is 35.1 Å². The molecular weight excluding hydrogens is 320 g/mol. The summed E-state index contributed by atoms with van der Waals surface area (Å²) in [5.41, 5.74) is -1.23. The predicted octanol–water partition coefficient (Wildman–Crippen LogP) is 2.90. The Morgan fingerprint density at radius 1 is 1.45 bits per heavy atom. The molecule has 0 aliphatic carbocycles. The van der Waals surface area contributed by atoms with Crippen LogP contribution >= 0.6 is 11.8 Å². The van der Waals surface area contributed by atoms with Crippen LogP contribution in [0, 0.1) is 5.82 Å². The van der Waals surface area contributed by atoms with Crippen molar-refractivity contribution in [2.75, 3.05) is 5.88 Å². The van der Waals surface area contributed by atoms with Crippen molar-refractivity contribution < 1.29 is 22.4 Å². The molecule has 1 saturated heterocycles. The molecule has 0 radical (unpaired) electrons. The van der Waals surface area contributed by atoms with E-state index in [1.165, 1.54) is 0 Å². The number of rotatable bonds is 3. The van der Waals surface area contributed by atoms with Gasteiger partial charge in [0.2, 0.25) is 5.91 Å². The molecule has 0 bridgehead atoms. The SMILES string of the molecule is CC1(C)SCNC1C(=O)NCc1ccc(F)cc1C(F)(F)F. The van der Waals surface area contributed by atoms with Gasteiger partial charge in [0.25, 0.3) is 0 Å². The van der Waals surface area contributed by atoms with E-state index in [0.717, 1.165) is 12.1 Å². The second-order valence-corrected chi connectivity index (χ2v) is 7.18. The zero-order chi connectivity index (χ0) is 16.5. The van der Waals surface area contributed by atoms with Crippen LogP contribution in [-0.2, 0) is 17.5 Å². The summed E-state index contributed by atoms with van der Waals surface area (Å²) in [5.74, 6) is -0.722. The highest BCUT2D eigenvalue weighted by atomic mass is 32.2. The lowest BCUT2D eigenvalue weighted by Gasteiger charge is -2.24. The standard InChI is InChI=1S/C14H16F4N2OS/c1-13(2)11(20-7-22-13)12(21)19-6-8-3-4-9(15)5-10(8)14(16,17)18/h3-5,11,20H,6-7H2,1-2H3,(H,19,21). The van der Waals surface area contributed by atoms with Gasteiger partial charge >= 0.3 is 6.18 Å². The van der Waals surface area contributed by atoms with Crippen LogP contribution in [0.3, 0.4) is 0 Å². The van der Waals surface area contributed by atoms with Crippen LogP contribution < -0.4 is 10.6 Å². The molecule has 22 heavy (non-hydrogen) atoms. The second kappa shape index (κ2) is 6.08. The zero-order valence-corrected chi connectivity index (χ0v) is 12.9. The van der Waals surface area contributed by atoms with Crippen molar-refractivity contribution in [3.63, 3.8) is 0 Å². The molecule has 1 atom stereocenters. The lowest BCUT2D eigenvalue weighted by atomic mass is 10.0. The summed E-state index contributed by atoms with van der Waals surface area (Å²) in [4.78, 5) is 12.1. The maximum Gasteiger partial charge on any atom is 0.416 e. The van der Waals surface area contributed by atoms with E-state index in [1.54, 1.807) is 11.8 Å². The Balaban J connectivity index is 2.11. The smallest absolute Gasteiger partial charge is 0.351 e. The number of thioether (sulfide) groups is 1. The topological polar surface area (TPSA) is 41.1 Å². The van der Waals surface area contributed by atoms with E-state index in [2.05, 4.69) is 10.6 Å². The van der Waals surface area contributed by atoms with Crippen LogP contribution in [0.25, 0.3) is 0 Å². The molecule has 1 aromatic carbocycles. The van der Waals surface area contributed by atoms with Gasteiger partial charge in [-0.15, -0.1) is 11.8 Å². The van der Waals surface area contributed by atoms with Gasteiger partial charge in [-0.25, -0.2) is 4.39 Å². The van der Waals surface area contributed by atoms with E-state index < -0.39 is 23.6 Å². The zero-order valence-electron chi connectivity index (χ0n) is 12.1. The van der Waals surface area contributed by atoms with Crippen molar-refractivity contribution in [1.82, 2.24) is 10.6 Å². The Morgan fingerprint density at radius 2 is 2.14 bits per heavy atom. The number of carbonyl (C=O) groups excluding carboxylic acids is 1. The molecule has 1 aliphatic rings. The molecule has 2 rings (SSSR count). The summed E-state index contributed by atoms with van der Waals surface area (Å²) in [7, 11) is 0. The number of halogens is 4. The molecule has 0 saturated carbocycles. The quantitative estimate of drug-likeness (QED) is 0.834. The molecule has 122 valence electrons. The first kappa shape index (κ1) is 17.1. The minimum Gasteiger partial charge on any atom is -0.351 e. The second-order valence-electron chi connectivity index (χ2n) is 5.55. The van der Waals surface area contributed by atoms with Crippen LogP contribution in [0.2, 0.25) is 0 Å². The predicted molar refractivity (Wildman–Crippen MR) is 76.7 cm³/mol. The molecule has 2 N–H and O–H groups in total. The minimum absolute atomic E-state index is 0.161. The first-order valence-electron chi connectivity index (χ1n) is 6.62. The molecule has 0 aromatic heterocycles. The summed E-state index contributed by atoms with van der Waals surface area (Å²) in [6, 6.07) is 1.95. The van der Waals surface area contributed by atoms with Gasteiger partial charge in [-0.05, 0) is 31.5 Å². The number of benzene rings is 1. The summed E-state index contributed by atoms with van der Waals surface area (Å²) in [5, 5.41) is 5.50. The molecule has 1 unspecified atom stereocenters. The number of alkyl halides is 3. The van der Waals surface area contributed by atoms with Crippen molar-refractivity contribution in [2.24, 2.45) is 0 Å². The number of nitrogens with one attached hydrogen (secondary N) is 2. The average molecular weight is 336 g/mol. The third-order valence-electron chi connectivity index (χ3n) is 3.52. The largest absolute Gasteiger partial charge is 0.416 e. The Labute approximate surface area is 129 Å². The van der Waals surface area contributed by atoms with Gasteiger partial charge in [0.15, 0.2) is 0 Å². The van der Waals surface area contributed by atoms with Crippen LogP contribution in [0.15, 0.2) is 18.2 Å². The average Bonchev–Trinajstić information content (AvgIpc) is 2.75. The third-order valence-corrected chi connectivity index (χ3v) is 4.81. The fourth-order valence-electron chi connectivity index (χ4n) is 2.30. The van der Waals surface area contributed by atoms with Gasteiger partial charge in [0, 0.05) is 17.2 Å². The molecule has 0 spiro atoms. The van der Waals surface area contributed by atoms with Gasteiger partial charge in [-0.3, -0.25) is 10.1 Å². The molecule has 1 aliphatic heterocycles. The maximum atomic E-state index is 13.0. The van der Waals surface area contributed by atoms with Crippen molar-refractivity contribution in [2.45, 2.75) is 37.4 Å². The third kappa shape index (κ3) is 3.73. The highest BCUT2D eigenvalue weighted by Gasteiger charge is 2.40. The molecule has 1 amide bonds. The van der Waals surface area contributed by atoms with Crippen molar-refractivity contribution >= 4 is 17.7 Å². The van der Waals surface area contributed by atoms with E-state index in [-0.39, 0.29) is 22.8 Å². The van der Waals surface area contributed by atoms with Crippen molar-refractivity contribution in [3.8, 4) is 0 Å². The summed E-state index contributed by atoms with van der Waals surface area (Å²) < 4.78 is 51.3. The fraction of sp³-hybridized carbons (Fsp3) is 0.500. The molecule has 3 nitrogen and oxygen atoms in total. The number of hydrogen-bond acceptors (Lipinski definition) is 3. The number of carbonyl (C=O) groups is 1. The van der Waals surface area contributed by atoms with Crippen LogP contribution in [-0.4, -0.2) is 22.6 Å². The summed E-state index contributed by atoms with van der Waals surface area (Å²) >= 11 is 1.57. The van der Waals surface area contributed by atoms with E-state index >= 15 is 0 Å². The molecular formula is C14H16F4N2OS. The van der Waals surface area contributed by atoms with E-state index in [9.17, 15) is 22.4 Å². The van der Waals surface area contributed by atoms with E-state index in [0.29, 0.717) is 11.9 Å². The first-order valence-corrected chi connectivity index (χ1v) is 7.60. The van der Waals surface area contributed by atoms with Gasteiger partial charge in [0.05, 0.1) is 5.56 Å². The summed E-state index contributed by atoms with van der Waals surface area (Å²) in [6.07, 6.45) is -4.66. The minimum atomic E-state index is -4.66. The van der Waals surface area contributed by atoms with Gasteiger partial charge in [-0.2, -0.15) is 13.2 Å². The van der Waals surface area contributed by atoms with Gasteiger partial charge in [-0.1, -0.05) is 6.07 Å². The van der Waals surface area contributed by atoms with Crippen LogP contribution in [0.5, 0.6) is 0 Å². The molecule has 1 fully saturated rings. The van der Waals surface area contributed by atoms with E-state index in [1.807, 2.05) is 13.8 Å². The molecule has 8 heteroatoms. The molecule has 1 heterocycles. The van der Waals surface area contributed by atoms with Gasteiger partial charge < -0.3 is 5.32 Å².